The molecule has 6 nitrogen and oxygen atoms in total. The molecule has 0 bridgehead atoms. The summed E-state index contributed by atoms with van der Waals surface area (Å²) in [6.45, 7) is 2.11. The maximum atomic E-state index is 5.42. The first kappa shape index (κ1) is 10.8. The van der Waals surface area contributed by atoms with Gasteiger partial charge < -0.3 is 14.9 Å². The van der Waals surface area contributed by atoms with Crippen LogP contribution >= 0.6 is 0 Å². The average Bonchev–Trinajstić information content (AvgIpc) is 2.95. The Labute approximate surface area is 93.0 Å². The summed E-state index contributed by atoms with van der Waals surface area (Å²) in [4.78, 5) is 0. The van der Waals surface area contributed by atoms with Crippen molar-refractivity contribution in [3.05, 3.63) is 36.0 Å². The number of aromatic nitrogens is 3. The quantitative estimate of drug-likeness (QED) is 0.722. The van der Waals surface area contributed by atoms with E-state index in [-0.39, 0.29) is 0 Å². The van der Waals surface area contributed by atoms with Gasteiger partial charge in [-0.3, -0.25) is 0 Å². The molecule has 86 valence electrons. The molecule has 0 aliphatic carbocycles. The Balaban J connectivity index is 1.68. The van der Waals surface area contributed by atoms with Crippen molar-refractivity contribution in [2.75, 3.05) is 6.61 Å². The van der Waals surface area contributed by atoms with E-state index in [1.54, 1.807) is 10.9 Å². The van der Waals surface area contributed by atoms with E-state index in [9.17, 15) is 0 Å². The van der Waals surface area contributed by atoms with Crippen LogP contribution in [-0.2, 0) is 24.4 Å². The summed E-state index contributed by atoms with van der Waals surface area (Å²) in [5, 5.41) is 7.78. The SMILES string of the molecule is NCc1cn(CCOCc2ccco2)nn1. The molecule has 0 aromatic carbocycles. The minimum Gasteiger partial charge on any atom is -0.467 e. The van der Waals surface area contributed by atoms with E-state index in [1.807, 2.05) is 18.3 Å². The molecular weight excluding hydrogens is 208 g/mol. The number of hydrogen-bond donors (Lipinski definition) is 1. The Morgan fingerprint density at radius 1 is 1.50 bits per heavy atom. The van der Waals surface area contributed by atoms with Gasteiger partial charge in [-0.1, -0.05) is 5.21 Å². The van der Waals surface area contributed by atoms with Gasteiger partial charge in [-0.25, -0.2) is 4.68 Å². The monoisotopic (exact) mass is 222 g/mol. The lowest BCUT2D eigenvalue weighted by atomic mass is 10.5. The first-order chi connectivity index (χ1) is 7.88. The topological polar surface area (TPSA) is 79.1 Å². The fraction of sp³-hybridized carbons (Fsp3) is 0.400. The summed E-state index contributed by atoms with van der Waals surface area (Å²) in [5.74, 6) is 0.821. The molecule has 2 heterocycles. The number of nitrogens with zero attached hydrogens (tertiary/aromatic N) is 3. The molecule has 0 radical (unpaired) electrons. The Morgan fingerprint density at radius 2 is 2.44 bits per heavy atom. The van der Waals surface area contributed by atoms with E-state index in [0.717, 1.165) is 11.5 Å². The summed E-state index contributed by atoms with van der Waals surface area (Å²) < 4.78 is 12.3. The lowest BCUT2D eigenvalue weighted by Gasteiger charge is -2.01. The molecule has 16 heavy (non-hydrogen) atoms. The number of furan rings is 1. The molecule has 0 aliphatic rings. The largest absolute Gasteiger partial charge is 0.467 e. The van der Waals surface area contributed by atoms with Crippen molar-refractivity contribution in [2.24, 2.45) is 5.73 Å². The van der Waals surface area contributed by atoms with E-state index in [4.69, 9.17) is 14.9 Å². The molecule has 0 spiro atoms. The second-order valence-electron chi connectivity index (χ2n) is 3.31. The van der Waals surface area contributed by atoms with Crippen molar-refractivity contribution in [3.8, 4) is 0 Å². The van der Waals surface area contributed by atoms with Crippen molar-refractivity contribution in [1.82, 2.24) is 15.0 Å². The van der Waals surface area contributed by atoms with E-state index in [1.165, 1.54) is 0 Å². The molecule has 0 saturated carbocycles. The maximum Gasteiger partial charge on any atom is 0.129 e. The fourth-order valence-corrected chi connectivity index (χ4v) is 1.27. The first-order valence-corrected chi connectivity index (χ1v) is 5.07. The van der Waals surface area contributed by atoms with Crippen LogP contribution in [0, 0.1) is 0 Å². The standard InChI is InChI=1S/C10H14N4O2/c11-6-9-7-14(13-12-9)3-5-15-8-10-2-1-4-16-10/h1-2,4,7H,3,5-6,8,11H2. The minimum atomic E-state index is 0.410. The molecule has 2 aromatic rings. The zero-order valence-electron chi connectivity index (χ0n) is 8.87. The third kappa shape index (κ3) is 2.91. The van der Waals surface area contributed by atoms with Gasteiger partial charge in [0.2, 0.25) is 0 Å². The Hall–Kier alpha value is -1.66. The van der Waals surface area contributed by atoms with E-state index in [0.29, 0.717) is 26.3 Å². The molecule has 0 amide bonds. The van der Waals surface area contributed by atoms with Crippen molar-refractivity contribution < 1.29 is 9.15 Å². The summed E-state index contributed by atoms with van der Waals surface area (Å²) >= 11 is 0. The van der Waals surface area contributed by atoms with E-state index in [2.05, 4.69) is 10.3 Å². The molecule has 0 unspecified atom stereocenters. The molecular formula is C10H14N4O2. The highest BCUT2D eigenvalue weighted by Gasteiger charge is 1.99. The van der Waals surface area contributed by atoms with Gasteiger partial charge in [0.05, 0.1) is 25.1 Å². The van der Waals surface area contributed by atoms with Gasteiger partial charge in [-0.15, -0.1) is 5.10 Å². The van der Waals surface area contributed by atoms with Crippen molar-refractivity contribution in [3.63, 3.8) is 0 Å². The number of ether oxygens (including phenoxy) is 1. The van der Waals surface area contributed by atoms with Crippen LogP contribution in [0.25, 0.3) is 0 Å². The number of nitrogens with two attached hydrogens (primary N) is 1. The second-order valence-corrected chi connectivity index (χ2v) is 3.31. The third-order valence-corrected chi connectivity index (χ3v) is 2.08. The normalized spacial score (nSPS) is 10.8. The van der Waals surface area contributed by atoms with Gasteiger partial charge in [0.15, 0.2) is 0 Å². The lowest BCUT2D eigenvalue weighted by molar-refractivity contribution is 0.0967. The maximum absolute atomic E-state index is 5.42. The molecule has 0 fully saturated rings. The Kier molecular flexibility index (Phi) is 3.68. The average molecular weight is 222 g/mol. The van der Waals surface area contributed by atoms with Crippen molar-refractivity contribution in [1.29, 1.82) is 0 Å². The predicted octanol–water partition coefficient (Wildman–Crippen LogP) is 0.547. The van der Waals surface area contributed by atoms with Gasteiger partial charge >= 0.3 is 0 Å². The van der Waals surface area contributed by atoms with Crippen LogP contribution < -0.4 is 5.73 Å². The summed E-state index contributed by atoms with van der Waals surface area (Å²) in [7, 11) is 0. The molecule has 0 saturated heterocycles. The number of rotatable bonds is 6. The molecule has 6 heteroatoms. The van der Waals surface area contributed by atoms with E-state index < -0.39 is 0 Å². The predicted molar refractivity (Wildman–Crippen MR) is 56.3 cm³/mol. The lowest BCUT2D eigenvalue weighted by Crippen LogP contribution is -2.06. The van der Waals surface area contributed by atoms with Crippen LogP contribution in [0.15, 0.2) is 29.0 Å². The third-order valence-electron chi connectivity index (χ3n) is 2.08. The van der Waals surface area contributed by atoms with Gasteiger partial charge in [0.1, 0.15) is 12.4 Å². The zero-order valence-corrected chi connectivity index (χ0v) is 8.87. The van der Waals surface area contributed by atoms with Crippen LogP contribution in [0.3, 0.4) is 0 Å². The molecule has 2 aromatic heterocycles. The van der Waals surface area contributed by atoms with Crippen LogP contribution in [0.2, 0.25) is 0 Å². The summed E-state index contributed by atoms with van der Waals surface area (Å²) in [6, 6.07) is 3.71. The van der Waals surface area contributed by atoms with Gasteiger partial charge in [0, 0.05) is 12.7 Å². The molecule has 2 N–H and O–H groups in total. The van der Waals surface area contributed by atoms with Crippen LogP contribution in [0.4, 0.5) is 0 Å². The molecule has 0 atom stereocenters. The summed E-state index contributed by atoms with van der Waals surface area (Å²) in [5.41, 5.74) is 6.21. The smallest absolute Gasteiger partial charge is 0.129 e. The fourth-order valence-electron chi connectivity index (χ4n) is 1.27. The molecule has 2 rings (SSSR count). The van der Waals surface area contributed by atoms with Crippen LogP contribution in [0.5, 0.6) is 0 Å². The van der Waals surface area contributed by atoms with Gasteiger partial charge in [-0.2, -0.15) is 0 Å². The zero-order chi connectivity index (χ0) is 11.2. The minimum absolute atomic E-state index is 0.410. The second kappa shape index (κ2) is 5.43. The van der Waals surface area contributed by atoms with Crippen molar-refractivity contribution >= 4 is 0 Å². The highest BCUT2D eigenvalue weighted by molar-refractivity contribution is 4.96. The highest BCUT2D eigenvalue weighted by atomic mass is 16.5. The van der Waals surface area contributed by atoms with Gasteiger partial charge in [0.25, 0.3) is 0 Å². The first-order valence-electron chi connectivity index (χ1n) is 5.07. The highest BCUT2D eigenvalue weighted by Crippen LogP contribution is 2.01. The molecule has 0 aliphatic heterocycles. The Morgan fingerprint density at radius 3 is 3.12 bits per heavy atom. The van der Waals surface area contributed by atoms with Crippen molar-refractivity contribution in [2.45, 2.75) is 19.7 Å². The number of hydrogen-bond acceptors (Lipinski definition) is 5. The Bertz CT molecular complexity index is 410. The van der Waals surface area contributed by atoms with E-state index >= 15 is 0 Å². The van der Waals surface area contributed by atoms with Crippen LogP contribution in [-0.4, -0.2) is 21.6 Å². The summed E-state index contributed by atoms with van der Waals surface area (Å²) in [6.07, 6.45) is 3.44. The van der Waals surface area contributed by atoms with Gasteiger partial charge in [-0.05, 0) is 12.1 Å². The van der Waals surface area contributed by atoms with Crippen LogP contribution in [0.1, 0.15) is 11.5 Å².